The number of benzene rings is 3. The number of carbonyl (C=O) groups is 1. The number of amides is 1. The van der Waals surface area contributed by atoms with Crippen molar-refractivity contribution in [1.29, 1.82) is 5.26 Å². The molecular weight excluding hydrogens is 586 g/mol. The Bertz CT molecular complexity index is 1560. The van der Waals surface area contributed by atoms with Crippen LogP contribution in [0.4, 0.5) is 24.5 Å². The summed E-state index contributed by atoms with van der Waals surface area (Å²) in [5, 5.41) is 12.2. The highest BCUT2D eigenvalue weighted by atomic mass is 79.9. The topological polar surface area (TPSA) is 85.4 Å². The fourth-order valence-corrected chi connectivity index (χ4v) is 4.92. The summed E-state index contributed by atoms with van der Waals surface area (Å²) in [6.45, 7) is 2.63. The van der Waals surface area contributed by atoms with E-state index in [0.29, 0.717) is 65.5 Å². The number of piperazine rings is 1. The summed E-state index contributed by atoms with van der Waals surface area (Å²) in [5.41, 5.74) is 3.44. The lowest BCUT2D eigenvalue weighted by atomic mass is 9.94. The Morgan fingerprint density at radius 2 is 1.77 bits per heavy atom. The third-order valence-corrected chi connectivity index (χ3v) is 7.15. The second kappa shape index (κ2) is 11.4. The molecule has 1 unspecified atom stereocenters. The summed E-state index contributed by atoms with van der Waals surface area (Å²) >= 11 is 3.32. The molecule has 4 aromatic rings. The summed E-state index contributed by atoms with van der Waals surface area (Å²) in [7, 11) is 5.98. The Labute approximate surface area is 238 Å². The molecule has 0 saturated carbocycles. The number of fused-ring (bicyclic) bond motifs is 1. The largest absolute Gasteiger partial charge is 0.436 e. The summed E-state index contributed by atoms with van der Waals surface area (Å²) in [5.74, 6) is 0.195. The van der Waals surface area contributed by atoms with Crippen molar-refractivity contribution in [2.24, 2.45) is 0 Å². The molecule has 0 aliphatic carbocycles. The Morgan fingerprint density at radius 1 is 1.10 bits per heavy atom. The number of oxazole rings is 1. The van der Waals surface area contributed by atoms with Crippen LogP contribution in [0.1, 0.15) is 21.4 Å². The van der Waals surface area contributed by atoms with Gasteiger partial charge in [0.2, 0.25) is 11.8 Å². The maximum Gasteiger partial charge on any atom is 0.416 e. The van der Waals surface area contributed by atoms with E-state index >= 15 is 0 Å². The molecule has 2 radical (unpaired) electrons. The van der Waals surface area contributed by atoms with Crippen LogP contribution in [0.15, 0.2) is 65.1 Å². The van der Waals surface area contributed by atoms with Gasteiger partial charge in [0.05, 0.1) is 31.6 Å². The number of hydrogen-bond donors (Lipinski definition) is 1. The highest BCUT2D eigenvalue weighted by Crippen LogP contribution is 2.33. The van der Waals surface area contributed by atoms with Gasteiger partial charge in [-0.15, -0.1) is 0 Å². The molecule has 0 spiro atoms. The first kappa shape index (κ1) is 27.7. The molecule has 1 fully saturated rings. The van der Waals surface area contributed by atoms with E-state index in [1.54, 1.807) is 36.4 Å². The number of anilines is 2. The van der Waals surface area contributed by atoms with Crippen LogP contribution in [0, 0.1) is 11.3 Å². The molecule has 1 aromatic heterocycles. The first-order valence-corrected chi connectivity index (χ1v) is 13.3. The molecule has 12 heteroatoms. The monoisotopic (exact) mass is 607 g/mol. The van der Waals surface area contributed by atoms with Crippen molar-refractivity contribution in [2.75, 3.05) is 42.9 Å². The summed E-state index contributed by atoms with van der Waals surface area (Å²) in [6.07, 6.45) is -4.36. The number of alkyl halides is 4. The third kappa shape index (κ3) is 6.16. The molecule has 1 saturated heterocycles. The highest BCUT2D eigenvalue weighted by Gasteiger charge is 2.30. The zero-order valence-electron chi connectivity index (χ0n) is 21.1. The van der Waals surface area contributed by atoms with Crippen LogP contribution in [0.25, 0.3) is 22.6 Å². The lowest BCUT2D eigenvalue weighted by Crippen LogP contribution is -2.48. The van der Waals surface area contributed by atoms with Crippen molar-refractivity contribution >= 4 is 52.2 Å². The van der Waals surface area contributed by atoms with Crippen molar-refractivity contribution in [2.45, 2.75) is 10.9 Å². The molecule has 202 valence electrons. The van der Waals surface area contributed by atoms with Gasteiger partial charge in [0.25, 0.3) is 0 Å². The van der Waals surface area contributed by atoms with Crippen LogP contribution in [0.3, 0.4) is 0 Å². The number of nitrogens with zero attached hydrogens (tertiary/aromatic N) is 4. The van der Waals surface area contributed by atoms with Gasteiger partial charge >= 0.3 is 6.18 Å². The predicted molar refractivity (Wildman–Crippen MR) is 150 cm³/mol. The Morgan fingerprint density at radius 3 is 2.38 bits per heavy atom. The van der Waals surface area contributed by atoms with Crippen LogP contribution in [-0.2, 0) is 11.0 Å². The predicted octanol–water partition coefficient (Wildman–Crippen LogP) is 5.71. The van der Waals surface area contributed by atoms with Gasteiger partial charge in [-0.25, -0.2) is 4.98 Å². The molecule has 5 rings (SSSR count). The first-order valence-electron chi connectivity index (χ1n) is 12.4. The molecule has 1 aliphatic rings. The smallest absolute Gasteiger partial charge is 0.416 e. The van der Waals surface area contributed by atoms with E-state index in [0.717, 1.165) is 17.8 Å². The maximum atomic E-state index is 12.8. The van der Waals surface area contributed by atoms with Crippen LogP contribution in [0.2, 0.25) is 0 Å². The normalized spacial score (nSPS) is 15.1. The number of aromatic nitrogens is 1. The highest BCUT2D eigenvalue weighted by molar-refractivity contribution is 9.09. The Balaban J connectivity index is 1.16. The molecule has 1 amide bonds. The Hall–Kier alpha value is -3.82. The van der Waals surface area contributed by atoms with E-state index in [9.17, 15) is 23.2 Å². The minimum Gasteiger partial charge on any atom is -0.436 e. The van der Waals surface area contributed by atoms with Gasteiger partial charge in [0.15, 0.2) is 5.58 Å². The number of nitriles is 1. The van der Waals surface area contributed by atoms with Crippen LogP contribution < -0.4 is 10.2 Å². The fourth-order valence-electron chi connectivity index (χ4n) is 4.58. The van der Waals surface area contributed by atoms with Crippen molar-refractivity contribution in [1.82, 2.24) is 9.88 Å². The summed E-state index contributed by atoms with van der Waals surface area (Å²) in [6, 6.07) is 17.6. The SMILES string of the molecule is [B]C(Br)c1cc(C#N)cc2nc(-c3ccc(NC(=O)CN4CCN(c5ccc(C(F)(F)F)cc5)CC4)cc3)oc12. The minimum absolute atomic E-state index is 0.169. The van der Waals surface area contributed by atoms with E-state index in [1.807, 2.05) is 9.80 Å². The van der Waals surface area contributed by atoms with E-state index < -0.39 is 16.5 Å². The van der Waals surface area contributed by atoms with Gasteiger partial charge in [-0.2, -0.15) is 18.4 Å². The molecule has 0 bridgehead atoms. The van der Waals surface area contributed by atoms with Crippen molar-refractivity contribution < 1.29 is 22.4 Å². The van der Waals surface area contributed by atoms with Gasteiger partial charge < -0.3 is 14.6 Å². The number of halogens is 4. The molecular formula is C28H22BBrF3N5O2. The fraction of sp³-hybridized carbons (Fsp3) is 0.250. The van der Waals surface area contributed by atoms with E-state index in [4.69, 9.17) is 12.3 Å². The Kier molecular flexibility index (Phi) is 7.87. The number of nitrogens with one attached hydrogen (secondary N) is 1. The minimum atomic E-state index is -4.36. The van der Waals surface area contributed by atoms with Crippen molar-refractivity contribution in [3.63, 3.8) is 0 Å². The average molecular weight is 608 g/mol. The lowest BCUT2D eigenvalue weighted by molar-refractivity contribution is -0.137. The molecule has 3 aromatic carbocycles. The number of hydrogen-bond acceptors (Lipinski definition) is 6. The summed E-state index contributed by atoms with van der Waals surface area (Å²) in [4.78, 5) is 21.2. The third-order valence-electron chi connectivity index (χ3n) is 6.66. The van der Waals surface area contributed by atoms with E-state index in [-0.39, 0.29) is 12.5 Å². The molecule has 2 heterocycles. The zero-order valence-corrected chi connectivity index (χ0v) is 22.7. The van der Waals surface area contributed by atoms with Gasteiger partial charge in [0.1, 0.15) is 5.52 Å². The first-order chi connectivity index (χ1) is 19.1. The molecule has 1 N–H and O–H groups in total. The maximum absolute atomic E-state index is 12.8. The second-order valence-electron chi connectivity index (χ2n) is 9.38. The quantitative estimate of drug-likeness (QED) is 0.223. The van der Waals surface area contributed by atoms with Gasteiger partial charge in [0, 0.05) is 53.4 Å². The number of carbonyl (C=O) groups excluding carboxylic acids is 1. The second-order valence-corrected chi connectivity index (χ2v) is 10.4. The van der Waals surface area contributed by atoms with E-state index in [2.05, 4.69) is 32.3 Å². The standard InChI is InChI=1S/C28H22BBrF3N5O2/c29-26(30)22-13-17(15-34)14-23-25(22)40-27(36-23)18-1-5-20(6-2-18)35-24(39)16-37-9-11-38(12-10-37)21-7-3-19(4-8-21)28(31,32)33/h1-8,13-14,26H,9-12,16H2,(H,35,39). The lowest BCUT2D eigenvalue weighted by Gasteiger charge is -2.35. The molecule has 1 aliphatic heterocycles. The average Bonchev–Trinajstić information content (AvgIpc) is 3.37. The molecule has 7 nitrogen and oxygen atoms in total. The van der Waals surface area contributed by atoms with E-state index in [1.165, 1.54) is 12.1 Å². The molecule has 1 atom stereocenters. The van der Waals surface area contributed by atoms with Crippen LogP contribution in [0.5, 0.6) is 0 Å². The van der Waals surface area contributed by atoms with Crippen molar-refractivity contribution in [3.05, 3.63) is 77.4 Å². The van der Waals surface area contributed by atoms with Gasteiger partial charge in [-0.05, 0) is 60.7 Å². The van der Waals surface area contributed by atoms with Crippen LogP contribution >= 0.6 is 15.9 Å². The zero-order chi connectivity index (χ0) is 28.4. The van der Waals surface area contributed by atoms with Gasteiger partial charge in [-0.1, -0.05) is 15.9 Å². The molecule has 40 heavy (non-hydrogen) atoms. The van der Waals surface area contributed by atoms with Gasteiger partial charge in [-0.3, -0.25) is 9.69 Å². The number of rotatable bonds is 6. The van der Waals surface area contributed by atoms with Crippen LogP contribution in [-0.4, -0.2) is 56.4 Å². The van der Waals surface area contributed by atoms with Crippen molar-refractivity contribution in [3.8, 4) is 17.5 Å². The summed E-state index contributed by atoms with van der Waals surface area (Å²) < 4.78 is 43.9.